The fourth-order valence-electron chi connectivity index (χ4n) is 4.27. The van der Waals surface area contributed by atoms with Crippen molar-refractivity contribution >= 4 is 5.78 Å². The zero-order valence-corrected chi connectivity index (χ0v) is 20.9. The molecule has 5 nitrogen and oxygen atoms in total. The Labute approximate surface area is 219 Å². The summed E-state index contributed by atoms with van der Waals surface area (Å²) >= 11 is 0. The summed E-state index contributed by atoms with van der Waals surface area (Å²) in [7, 11) is 0. The third-order valence-corrected chi connectivity index (χ3v) is 6.32. The highest BCUT2D eigenvalue weighted by atomic mass is 19.4. The second-order valence-corrected chi connectivity index (χ2v) is 9.75. The molecular formula is C28H23F6N3O2. The zero-order chi connectivity index (χ0) is 28.5. The van der Waals surface area contributed by atoms with Gasteiger partial charge in [0.1, 0.15) is 12.4 Å². The first-order chi connectivity index (χ1) is 18.3. The van der Waals surface area contributed by atoms with E-state index in [9.17, 15) is 35.9 Å². The lowest BCUT2D eigenvalue weighted by atomic mass is 9.79. The molecule has 0 saturated carbocycles. The molecule has 0 unspecified atom stereocenters. The first kappa shape index (κ1) is 27.9. The number of aromatic nitrogens is 3. The number of carbonyl (C=O) groups is 1. The van der Waals surface area contributed by atoms with Gasteiger partial charge in [-0.1, -0.05) is 50.2 Å². The number of rotatable bonds is 8. The molecule has 39 heavy (non-hydrogen) atoms. The standard InChI is InChI=1S/C28H23F6N3O2/c1-27(2,19-7-5-8-20(13-19)28(32,33)34)14-21(38)16-37-26(39)36(15-18-6-3-4-9-22(18)29)25(35-37)17-10-11-23(30)24(31)12-17/h3-13H,14-16H2,1-2H3. The van der Waals surface area contributed by atoms with Crippen LogP contribution in [0.4, 0.5) is 26.3 Å². The maximum Gasteiger partial charge on any atom is 0.416 e. The van der Waals surface area contributed by atoms with Gasteiger partial charge in [0.15, 0.2) is 23.2 Å². The molecule has 0 radical (unpaired) electrons. The number of Topliss-reactive ketones (excluding diaryl/α,β-unsaturated/α-hetero) is 1. The Balaban J connectivity index is 1.66. The first-order valence-corrected chi connectivity index (χ1v) is 11.8. The lowest BCUT2D eigenvalue weighted by molar-refractivity contribution is -0.137. The number of benzene rings is 3. The van der Waals surface area contributed by atoms with Crippen molar-refractivity contribution in [2.75, 3.05) is 0 Å². The molecule has 1 aromatic heterocycles. The third kappa shape index (κ3) is 6.13. The highest BCUT2D eigenvalue weighted by Gasteiger charge is 2.33. The van der Waals surface area contributed by atoms with E-state index in [0.717, 1.165) is 33.5 Å². The average Bonchev–Trinajstić information content (AvgIpc) is 3.16. The van der Waals surface area contributed by atoms with E-state index in [0.29, 0.717) is 0 Å². The van der Waals surface area contributed by atoms with E-state index in [2.05, 4.69) is 5.10 Å². The van der Waals surface area contributed by atoms with Gasteiger partial charge in [0.05, 0.1) is 12.1 Å². The summed E-state index contributed by atoms with van der Waals surface area (Å²) < 4.78 is 83.2. The summed E-state index contributed by atoms with van der Waals surface area (Å²) in [6.45, 7) is 2.37. The highest BCUT2D eigenvalue weighted by Crippen LogP contribution is 2.34. The van der Waals surface area contributed by atoms with Crippen molar-refractivity contribution in [3.8, 4) is 11.4 Å². The van der Waals surface area contributed by atoms with Crippen molar-refractivity contribution in [2.24, 2.45) is 0 Å². The van der Waals surface area contributed by atoms with Gasteiger partial charge in [-0.2, -0.15) is 13.2 Å². The van der Waals surface area contributed by atoms with Crippen LogP contribution in [0.15, 0.2) is 71.5 Å². The van der Waals surface area contributed by atoms with Crippen LogP contribution in [0, 0.1) is 17.5 Å². The van der Waals surface area contributed by atoms with Crippen LogP contribution in [0.3, 0.4) is 0 Å². The molecule has 11 heteroatoms. The molecule has 3 aromatic carbocycles. The van der Waals surface area contributed by atoms with Gasteiger partial charge >= 0.3 is 11.9 Å². The Morgan fingerprint density at radius 1 is 0.846 bits per heavy atom. The Morgan fingerprint density at radius 2 is 1.54 bits per heavy atom. The van der Waals surface area contributed by atoms with Gasteiger partial charge in [0.25, 0.3) is 0 Å². The van der Waals surface area contributed by atoms with Crippen molar-refractivity contribution in [3.05, 3.63) is 111 Å². The summed E-state index contributed by atoms with van der Waals surface area (Å²) in [6, 6.07) is 13.2. The Bertz CT molecular complexity index is 1590. The first-order valence-electron chi connectivity index (χ1n) is 11.8. The molecule has 0 aliphatic rings. The Morgan fingerprint density at radius 3 is 2.21 bits per heavy atom. The van der Waals surface area contributed by atoms with Crippen LogP contribution in [0.2, 0.25) is 0 Å². The van der Waals surface area contributed by atoms with Gasteiger partial charge in [-0.05, 0) is 41.3 Å². The van der Waals surface area contributed by atoms with E-state index in [1.165, 1.54) is 36.4 Å². The zero-order valence-electron chi connectivity index (χ0n) is 20.9. The minimum absolute atomic E-state index is 0.0258. The Kier molecular flexibility index (Phi) is 7.54. The molecule has 0 bridgehead atoms. The molecule has 0 aliphatic carbocycles. The van der Waals surface area contributed by atoms with Gasteiger partial charge in [-0.15, -0.1) is 5.10 Å². The minimum Gasteiger partial charge on any atom is -0.298 e. The average molecular weight is 547 g/mol. The second-order valence-electron chi connectivity index (χ2n) is 9.75. The van der Waals surface area contributed by atoms with Gasteiger partial charge < -0.3 is 0 Å². The second kappa shape index (κ2) is 10.5. The van der Waals surface area contributed by atoms with E-state index in [4.69, 9.17) is 0 Å². The van der Waals surface area contributed by atoms with Crippen LogP contribution in [0.5, 0.6) is 0 Å². The number of alkyl halides is 3. The monoisotopic (exact) mass is 547 g/mol. The predicted molar refractivity (Wildman–Crippen MR) is 131 cm³/mol. The number of carbonyl (C=O) groups excluding carboxylic acids is 1. The normalized spacial score (nSPS) is 12.1. The summed E-state index contributed by atoms with van der Waals surface area (Å²) in [5, 5.41) is 4.15. The van der Waals surface area contributed by atoms with Crippen LogP contribution in [0.1, 0.15) is 37.0 Å². The van der Waals surface area contributed by atoms with Crippen molar-refractivity contribution in [1.82, 2.24) is 14.3 Å². The number of nitrogens with zero attached hydrogens (tertiary/aromatic N) is 3. The number of ketones is 1. The van der Waals surface area contributed by atoms with Crippen molar-refractivity contribution in [2.45, 2.75) is 44.9 Å². The van der Waals surface area contributed by atoms with Crippen LogP contribution in [-0.2, 0) is 29.5 Å². The molecule has 0 spiro atoms. The quantitative estimate of drug-likeness (QED) is 0.249. The molecule has 0 amide bonds. The summed E-state index contributed by atoms with van der Waals surface area (Å²) in [6.07, 6.45) is -4.77. The van der Waals surface area contributed by atoms with Gasteiger partial charge in [0.2, 0.25) is 0 Å². The number of hydrogen-bond donors (Lipinski definition) is 0. The topological polar surface area (TPSA) is 56.9 Å². The van der Waals surface area contributed by atoms with Crippen molar-refractivity contribution in [1.29, 1.82) is 0 Å². The van der Waals surface area contributed by atoms with E-state index < -0.39 is 52.6 Å². The molecule has 0 fully saturated rings. The summed E-state index contributed by atoms with van der Waals surface area (Å²) in [5.41, 5.74) is -2.23. The maximum absolute atomic E-state index is 14.3. The minimum atomic E-state index is -4.55. The molecule has 0 aliphatic heterocycles. The smallest absolute Gasteiger partial charge is 0.298 e. The van der Waals surface area contributed by atoms with Crippen molar-refractivity contribution in [3.63, 3.8) is 0 Å². The summed E-state index contributed by atoms with van der Waals surface area (Å²) in [4.78, 5) is 26.3. The predicted octanol–water partition coefficient (Wildman–Crippen LogP) is 6.13. The van der Waals surface area contributed by atoms with E-state index in [-0.39, 0.29) is 35.5 Å². The lowest BCUT2D eigenvalue weighted by Gasteiger charge is -2.25. The largest absolute Gasteiger partial charge is 0.416 e. The van der Waals surface area contributed by atoms with Crippen LogP contribution in [-0.4, -0.2) is 20.1 Å². The molecule has 0 atom stereocenters. The van der Waals surface area contributed by atoms with Gasteiger partial charge in [-0.3, -0.25) is 9.36 Å². The van der Waals surface area contributed by atoms with Gasteiger partial charge in [-0.25, -0.2) is 22.6 Å². The maximum atomic E-state index is 14.3. The number of halogens is 6. The van der Waals surface area contributed by atoms with Crippen LogP contribution < -0.4 is 5.69 Å². The third-order valence-electron chi connectivity index (χ3n) is 6.32. The molecule has 4 aromatic rings. The van der Waals surface area contributed by atoms with Gasteiger partial charge in [0, 0.05) is 17.5 Å². The van der Waals surface area contributed by atoms with E-state index in [1.54, 1.807) is 19.9 Å². The molecule has 0 N–H and O–H groups in total. The molecule has 0 saturated heterocycles. The fourth-order valence-corrected chi connectivity index (χ4v) is 4.27. The van der Waals surface area contributed by atoms with Crippen molar-refractivity contribution < 1.29 is 31.1 Å². The fraction of sp³-hybridized carbons (Fsp3) is 0.250. The highest BCUT2D eigenvalue weighted by molar-refractivity contribution is 5.79. The molecule has 1 heterocycles. The molecule has 204 valence electrons. The van der Waals surface area contributed by atoms with Crippen LogP contribution in [0.25, 0.3) is 11.4 Å². The SMILES string of the molecule is CC(C)(CC(=O)Cn1nc(-c2ccc(F)c(F)c2)n(Cc2ccccc2F)c1=O)c1cccc(C(F)(F)F)c1. The summed E-state index contributed by atoms with van der Waals surface area (Å²) in [5.74, 6) is -3.54. The van der Waals surface area contributed by atoms with E-state index in [1.807, 2.05) is 0 Å². The molecule has 4 rings (SSSR count). The van der Waals surface area contributed by atoms with Crippen LogP contribution >= 0.6 is 0 Å². The Hall–Kier alpha value is -4.15. The lowest BCUT2D eigenvalue weighted by Crippen LogP contribution is -2.31. The molecular weight excluding hydrogens is 524 g/mol. The van der Waals surface area contributed by atoms with E-state index >= 15 is 0 Å². The number of hydrogen-bond acceptors (Lipinski definition) is 3.